The topological polar surface area (TPSA) is 140 Å². The summed E-state index contributed by atoms with van der Waals surface area (Å²) >= 11 is 3.40. The summed E-state index contributed by atoms with van der Waals surface area (Å²) in [7, 11) is 1.58. The lowest BCUT2D eigenvalue weighted by atomic mass is 10.1. The van der Waals surface area contributed by atoms with E-state index in [0.717, 1.165) is 22.9 Å². The van der Waals surface area contributed by atoms with Crippen molar-refractivity contribution in [2.45, 2.75) is 64.1 Å². The molecule has 0 saturated carbocycles. The molecule has 2 atom stereocenters. The number of nitrogens with zero attached hydrogens (tertiary/aromatic N) is 1. The Balaban J connectivity index is 2.47. The predicted octanol–water partition coefficient (Wildman–Crippen LogP) is 1.59. The lowest BCUT2D eigenvalue weighted by Gasteiger charge is -2.23. The summed E-state index contributed by atoms with van der Waals surface area (Å²) in [5.74, 6) is -1.06. The Labute approximate surface area is 198 Å². The van der Waals surface area contributed by atoms with Gasteiger partial charge in [-0.15, -0.1) is 0 Å². The summed E-state index contributed by atoms with van der Waals surface area (Å²) in [6.07, 6.45) is 3.71. The number of unbranched alkanes of at least 4 members (excludes halogenated alkanes) is 1. The zero-order valence-corrected chi connectivity index (χ0v) is 20.5. The number of rotatable bonds is 15. The number of hydrogen-bond acceptors (Lipinski definition) is 7. The number of carbonyl (C=O) groups excluding carboxylic acids is 3. The van der Waals surface area contributed by atoms with Gasteiger partial charge in [-0.3, -0.25) is 19.8 Å². The molecule has 0 heterocycles. The number of hydrazine groups is 1. The molecule has 10 heteroatoms. The Hall–Kier alpha value is -2.01. The van der Waals surface area contributed by atoms with E-state index < -0.39 is 12.0 Å². The third-order valence-electron chi connectivity index (χ3n) is 4.77. The molecule has 9 nitrogen and oxygen atoms in total. The summed E-state index contributed by atoms with van der Waals surface area (Å²) in [5.41, 5.74) is 15.0. The van der Waals surface area contributed by atoms with Crippen LogP contribution in [0.4, 0.5) is 0 Å². The molecule has 180 valence electrons. The van der Waals surface area contributed by atoms with E-state index in [9.17, 15) is 14.4 Å². The molecule has 0 aliphatic carbocycles. The van der Waals surface area contributed by atoms with Gasteiger partial charge in [0.05, 0.1) is 6.04 Å². The van der Waals surface area contributed by atoms with E-state index in [-0.39, 0.29) is 37.4 Å². The molecule has 0 bridgehead atoms. The quantitative estimate of drug-likeness (QED) is 0.206. The molecule has 0 radical (unpaired) electrons. The van der Waals surface area contributed by atoms with Crippen molar-refractivity contribution in [3.63, 3.8) is 0 Å². The van der Waals surface area contributed by atoms with E-state index in [2.05, 4.69) is 26.7 Å². The third kappa shape index (κ3) is 11.6. The highest BCUT2D eigenvalue weighted by atomic mass is 79.9. The van der Waals surface area contributed by atoms with Gasteiger partial charge < -0.3 is 21.5 Å². The average molecular weight is 514 g/mol. The molecule has 1 rings (SSSR count). The van der Waals surface area contributed by atoms with Crippen LogP contribution in [0, 0.1) is 0 Å². The second-order valence-electron chi connectivity index (χ2n) is 7.73. The summed E-state index contributed by atoms with van der Waals surface area (Å²) in [6, 6.07) is 6.48. The average Bonchev–Trinajstić information content (AvgIpc) is 2.74. The molecular weight excluding hydrogens is 478 g/mol. The lowest BCUT2D eigenvalue weighted by Crippen LogP contribution is -2.49. The number of esters is 1. The van der Waals surface area contributed by atoms with Crippen LogP contribution in [0.5, 0.6) is 0 Å². The molecule has 0 spiro atoms. The summed E-state index contributed by atoms with van der Waals surface area (Å²) < 4.78 is 6.12. The number of nitrogens with one attached hydrogen (secondary N) is 2. The molecule has 0 saturated heterocycles. The molecule has 6 N–H and O–H groups in total. The van der Waals surface area contributed by atoms with Gasteiger partial charge in [-0.05, 0) is 31.9 Å². The maximum Gasteiger partial charge on any atom is 0.322 e. The number of benzene rings is 1. The summed E-state index contributed by atoms with van der Waals surface area (Å²) in [6.45, 7) is 2.51. The predicted molar refractivity (Wildman–Crippen MR) is 127 cm³/mol. The van der Waals surface area contributed by atoms with Crippen LogP contribution in [-0.2, 0) is 25.7 Å². The number of ether oxygens (including phenoxy) is 1. The van der Waals surface area contributed by atoms with Crippen LogP contribution in [0.2, 0.25) is 0 Å². The van der Waals surface area contributed by atoms with Crippen molar-refractivity contribution in [1.29, 1.82) is 0 Å². The molecule has 1 aromatic carbocycles. The van der Waals surface area contributed by atoms with Crippen LogP contribution in [0.15, 0.2) is 28.7 Å². The molecule has 0 aliphatic heterocycles. The fourth-order valence-electron chi connectivity index (χ4n) is 2.99. The van der Waals surface area contributed by atoms with Crippen LogP contribution in [0.3, 0.4) is 0 Å². The van der Waals surface area contributed by atoms with Crippen molar-refractivity contribution in [1.82, 2.24) is 15.8 Å². The Bertz CT molecular complexity index is 734. The van der Waals surface area contributed by atoms with Crippen LogP contribution in [0.25, 0.3) is 0 Å². The first-order chi connectivity index (χ1) is 15.3. The van der Waals surface area contributed by atoms with E-state index in [1.807, 2.05) is 31.2 Å². The van der Waals surface area contributed by atoms with Crippen molar-refractivity contribution in [2.24, 2.45) is 11.5 Å². The Morgan fingerprint density at radius 1 is 1.19 bits per heavy atom. The highest BCUT2D eigenvalue weighted by molar-refractivity contribution is 9.10. The van der Waals surface area contributed by atoms with E-state index >= 15 is 0 Å². The van der Waals surface area contributed by atoms with Crippen LogP contribution in [-0.4, -0.2) is 55.0 Å². The van der Waals surface area contributed by atoms with Crippen LogP contribution >= 0.6 is 15.9 Å². The number of carbonyl (C=O) groups is 3. The molecule has 1 aromatic rings. The summed E-state index contributed by atoms with van der Waals surface area (Å²) in [5, 5.41) is 4.21. The van der Waals surface area contributed by atoms with Crippen LogP contribution in [0.1, 0.15) is 51.0 Å². The maximum absolute atomic E-state index is 12.4. The Morgan fingerprint density at radius 2 is 1.91 bits per heavy atom. The Kier molecular flexibility index (Phi) is 13.8. The molecule has 2 amide bonds. The first-order valence-electron chi connectivity index (χ1n) is 10.9. The first-order valence-corrected chi connectivity index (χ1v) is 11.7. The van der Waals surface area contributed by atoms with Crippen molar-refractivity contribution >= 4 is 33.7 Å². The van der Waals surface area contributed by atoms with Gasteiger partial charge in [0.25, 0.3) is 0 Å². The molecular formula is C22H36BrN5O4. The van der Waals surface area contributed by atoms with E-state index in [4.69, 9.17) is 16.2 Å². The highest BCUT2D eigenvalue weighted by Crippen LogP contribution is 2.16. The van der Waals surface area contributed by atoms with E-state index in [1.54, 1.807) is 7.05 Å². The maximum atomic E-state index is 12.4. The minimum atomic E-state index is -0.597. The second-order valence-corrected chi connectivity index (χ2v) is 8.59. The number of hydrogen-bond donors (Lipinski definition) is 4. The monoisotopic (exact) mass is 513 g/mol. The fraction of sp³-hybridized carbons (Fsp3) is 0.591. The first kappa shape index (κ1) is 28.0. The normalized spacial score (nSPS) is 12.8. The Morgan fingerprint density at radius 3 is 2.56 bits per heavy atom. The zero-order chi connectivity index (χ0) is 23.9. The summed E-state index contributed by atoms with van der Waals surface area (Å²) in [4.78, 5) is 36.8. The van der Waals surface area contributed by atoms with E-state index in [0.29, 0.717) is 25.8 Å². The van der Waals surface area contributed by atoms with Gasteiger partial charge in [-0.25, -0.2) is 5.01 Å². The van der Waals surface area contributed by atoms with Gasteiger partial charge in [0, 0.05) is 29.5 Å². The van der Waals surface area contributed by atoms with Crippen molar-refractivity contribution in [2.75, 3.05) is 20.1 Å². The lowest BCUT2D eigenvalue weighted by molar-refractivity contribution is -0.147. The number of halogens is 1. The van der Waals surface area contributed by atoms with Gasteiger partial charge in [0.1, 0.15) is 13.2 Å². The minimum Gasteiger partial charge on any atom is -0.460 e. The van der Waals surface area contributed by atoms with E-state index in [1.165, 1.54) is 5.01 Å². The van der Waals surface area contributed by atoms with Gasteiger partial charge in [0.15, 0.2) is 0 Å². The van der Waals surface area contributed by atoms with Crippen molar-refractivity contribution < 1.29 is 19.1 Å². The van der Waals surface area contributed by atoms with Crippen molar-refractivity contribution in [3.05, 3.63) is 34.3 Å². The van der Waals surface area contributed by atoms with Gasteiger partial charge in [-0.1, -0.05) is 53.9 Å². The molecule has 0 aromatic heterocycles. The van der Waals surface area contributed by atoms with Gasteiger partial charge >= 0.3 is 5.97 Å². The molecule has 0 unspecified atom stereocenters. The van der Waals surface area contributed by atoms with Gasteiger partial charge in [-0.2, -0.15) is 0 Å². The second kappa shape index (κ2) is 15.7. The van der Waals surface area contributed by atoms with Crippen LogP contribution < -0.4 is 22.2 Å². The highest BCUT2D eigenvalue weighted by Gasteiger charge is 2.21. The minimum absolute atomic E-state index is 0.0581. The standard InChI is InChI=1S/C22H36BrN5O4/c1-3-4-11-19(25)22(31)26-17(9-7-12-24)13-20(29)27-28(2)14-21(30)32-15-16-8-5-6-10-18(16)23/h5-6,8,10,17,19H,3-4,7,9,11-15,24-25H2,1-2H3,(H,26,31)(H,27,29)/t17-,19-/m0/s1. The van der Waals surface area contributed by atoms with Crippen molar-refractivity contribution in [3.8, 4) is 0 Å². The third-order valence-corrected chi connectivity index (χ3v) is 5.54. The number of nitrogens with two attached hydrogens (primary N) is 2. The van der Waals surface area contributed by atoms with Gasteiger partial charge in [0.2, 0.25) is 11.8 Å². The number of likely N-dealkylation sites (N-methyl/N-ethyl adjacent to an activating group) is 1. The number of amides is 2. The molecule has 32 heavy (non-hydrogen) atoms. The smallest absolute Gasteiger partial charge is 0.322 e. The molecule has 0 fully saturated rings. The fourth-order valence-corrected chi connectivity index (χ4v) is 3.39. The largest absolute Gasteiger partial charge is 0.460 e. The zero-order valence-electron chi connectivity index (χ0n) is 18.9. The molecule has 0 aliphatic rings. The SMILES string of the molecule is CCCC[C@H](N)C(=O)N[C@@H](CCCN)CC(=O)NN(C)CC(=O)OCc1ccccc1Br.